The molecule has 0 aliphatic heterocycles. The average Bonchev–Trinajstić information content (AvgIpc) is 2.90. The van der Waals surface area contributed by atoms with Gasteiger partial charge >= 0.3 is 0 Å². The van der Waals surface area contributed by atoms with Crippen LogP contribution in [0.3, 0.4) is 0 Å². The number of hydrogen-bond acceptors (Lipinski definition) is 4. The van der Waals surface area contributed by atoms with Crippen LogP contribution in [-0.2, 0) is 19.2 Å². The Kier molecular flexibility index (Phi) is 7.16. The molecule has 0 aromatic carbocycles. The van der Waals surface area contributed by atoms with Gasteiger partial charge in [0.25, 0.3) is 0 Å². The second-order valence-electron chi connectivity index (χ2n) is 16.3. The highest BCUT2D eigenvalue weighted by Crippen LogP contribution is 2.74. The van der Waals surface area contributed by atoms with Crippen LogP contribution in [0.2, 0.25) is 0 Å². The van der Waals surface area contributed by atoms with E-state index in [1.807, 2.05) is 32.9 Å². The van der Waals surface area contributed by atoms with Crippen LogP contribution in [0.5, 0.6) is 0 Å². The Morgan fingerprint density at radius 3 is 2.31 bits per heavy atom. The van der Waals surface area contributed by atoms with Crippen molar-refractivity contribution in [2.45, 2.75) is 113 Å². The fraction of sp³-hybridized carbons (Fsp3) is 0.750. The van der Waals surface area contributed by atoms with Crippen molar-refractivity contribution < 1.29 is 19.2 Å². The summed E-state index contributed by atoms with van der Waals surface area (Å²) < 4.78 is 0. The molecule has 0 bridgehead atoms. The van der Waals surface area contributed by atoms with Crippen molar-refractivity contribution in [2.75, 3.05) is 6.54 Å². The number of nitrogens with one attached hydrogen (secondary N) is 1. The molecule has 1 amide bonds. The van der Waals surface area contributed by atoms with Crippen LogP contribution in [0, 0.1) is 56.8 Å². The van der Waals surface area contributed by atoms with Gasteiger partial charge in [-0.2, -0.15) is 0 Å². The van der Waals surface area contributed by atoms with Crippen molar-refractivity contribution >= 4 is 23.3 Å². The van der Waals surface area contributed by atoms with Crippen molar-refractivity contribution in [3.63, 3.8) is 0 Å². The van der Waals surface area contributed by atoms with Gasteiger partial charge in [-0.15, -0.1) is 0 Å². The van der Waals surface area contributed by atoms with E-state index in [1.54, 1.807) is 0 Å². The second-order valence-corrected chi connectivity index (χ2v) is 16.3. The molecule has 0 saturated heterocycles. The quantitative estimate of drug-likeness (QED) is 0.357. The minimum atomic E-state index is -0.684. The molecule has 0 aromatic rings. The number of fused-ring (bicyclic) bond motifs is 7. The van der Waals surface area contributed by atoms with E-state index >= 15 is 0 Å². The molecule has 1 N–H and O–H groups in total. The molecule has 6 nitrogen and oxygen atoms in total. The predicted molar refractivity (Wildman–Crippen MR) is 163 cm³/mol. The van der Waals surface area contributed by atoms with Gasteiger partial charge in [0, 0.05) is 28.6 Å². The van der Waals surface area contributed by atoms with Crippen LogP contribution < -0.4 is 5.32 Å². The van der Waals surface area contributed by atoms with Crippen LogP contribution in [0.1, 0.15) is 113 Å². The molecule has 42 heavy (non-hydrogen) atoms. The van der Waals surface area contributed by atoms with Gasteiger partial charge in [-0.1, -0.05) is 67.0 Å². The van der Waals surface area contributed by atoms with Crippen molar-refractivity contribution in [1.29, 1.82) is 0 Å². The number of allylic oxidation sites excluding steroid dienone is 4. The summed E-state index contributed by atoms with van der Waals surface area (Å²) in [7, 11) is 0. The zero-order valence-electron chi connectivity index (χ0n) is 27.0. The van der Waals surface area contributed by atoms with Crippen LogP contribution in [0.25, 0.3) is 4.85 Å². The molecule has 0 unspecified atom stereocenters. The molecule has 3 saturated carbocycles. The standard InChI is InChI=1S/C36H50N2O4/c1-10-11-28(41)38-21-27(40)36-16-14-31(2,3)19-22(36)29-24(39)18-26-33(6)20-23(37-9)30(42)32(4,5)25(33)12-13-34(26,7)35(29,8)15-17-36/h18,20,22,25,29H,10-17,19,21H2,1-8H3,(H,38,41)/t22-,25-,29-,33-,34+,35+,36-/m0/s1. The van der Waals surface area contributed by atoms with E-state index in [2.05, 4.69) is 44.8 Å². The highest BCUT2D eigenvalue weighted by Gasteiger charge is 2.70. The van der Waals surface area contributed by atoms with Crippen molar-refractivity contribution in [1.82, 2.24) is 5.32 Å². The smallest absolute Gasteiger partial charge is 0.226 e. The third-order valence-corrected chi connectivity index (χ3v) is 13.3. The number of carbonyl (C=O) groups excluding carboxylic acids is 4. The average molecular weight is 575 g/mol. The fourth-order valence-corrected chi connectivity index (χ4v) is 10.8. The van der Waals surface area contributed by atoms with Crippen molar-refractivity contribution in [2.24, 2.45) is 50.2 Å². The maximum absolute atomic E-state index is 14.6. The topological polar surface area (TPSA) is 84.7 Å². The summed E-state index contributed by atoms with van der Waals surface area (Å²) in [5.41, 5.74) is -1.21. The van der Waals surface area contributed by atoms with E-state index < -0.39 is 16.2 Å². The molecular formula is C36H50N2O4. The largest absolute Gasteiger partial charge is 0.349 e. The second kappa shape index (κ2) is 9.73. The van der Waals surface area contributed by atoms with Crippen LogP contribution in [0.4, 0.5) is 0 Å². The molecule has 0 heterocycles. The van der Waals surface area contributed by atoms with Gasteiger partial charge in [0.1, 0.15) is 0 Å². The van der Waals surface area contributed by atoms with E-state index in [4.69, 9.17) is 6.57 Å². The van der Waals surface area contributed by atoms with Gasteiger partial charge in [-0.05, 0) is 85.5 Å². The molecule has 7 atom stereocenters. The molecule has 5 rings (SSSR count). The van der Waals surface area contributed by atoms with Gasteiger partial charge in [-0.25, -0.2) is 4.85 Å². The van der Waals surface area contributed by atoms with Crippen LogP contribution in [0.15, 0.2) is 23.4 Å². The number of amides is 1. The third kappa shape index (κ3) is 4.08. The van der Waals surface area contributed by atoms with Gasteiger partial charge in [-0.3, -0.25) is 14.4 Å². The first-order valence-electron chi connectivity index (χ1n) is 16.2. The molecule has 0 aromatic heterocycles. The molecule has 6 heteroatoms. The third-order valence-electron chi connectivity index (χ3n) is 13.3. The molecule has 5 aliphatic rings. The van der Waals surface area contributed by atoms with E-state index in [9.17, 15) is 19.2 Å². The Morgan fingerprint density at radius 1 is 1.00 bits per heavy atom. The number of Topliss-reactive ketones (excluding diaryl/α,β-unsaturated/α-hetero) is 2. The molecule has 3 fully saturated rings. The Morgan fingerprint density at radius 2 is 1.67 bits per heavy atom. The maximum atomic E-state index is 14.6. The zero-order chi connectivity index (χ0) is 31.1. The minimum Gasteiger partial charge on any atom is -0.349 e. The summed E-state index contributed by atoms with van der Waals surface area (Å²) in [5, 5.41) is 2.89. The Labute approximate surface area is 252 Å². The minimum absolute atomic E-state index is 0.0138. The summed E-state index contributed by atoms with van der Waals surface area (Å²) in [6, 6.07) is 0. The lowest BCUT2D eigenvalue weighted by molar-refractivity contribution is -0.177. The van der Waals surface area contributed by atoms with E-state index in [-0.39, 0.29) is 69.5 Å². The lowest BCUT2D eigenvalue weighted by atomic mass is 9.34. The number of hydrogen-bond donors (Lipinski definition) is 1. The van der Waals surface area contributed by atoms with Crippen LogP contribution >= 0.6 is 0 Å². The van der Waals surface area contributed by atoms with Gasteiger partial charge < -0.3 is 10.1 Å². The lowest BCUT2D eigenvalue weighted by Crippen LogP contribution is -2.66. The molecular weight excluding hydrogens is 524 g/mol. The Bertz CT molecular complexity index is 1350. The molecule has 5 aliphatic carbocycles. The summed E-state index contributed by atoms with van der Waals surface area (Å²) >= 11 is 0. The summed E-state index contributed by atoms with van der Waals surface area (Å²) in [5.74, 6) is -0.328. The van der Waals surface area contributed by atoms with Crippen molar-refractivity contribution in [3.05, 3.63) is 34.8 Å². The van der Waals surface area contributed by atoms with E-state index in [1.165, 1.54) is 0 Å². The number of nitrogens with zero attached hydrogens (tertiary/aromatic N) is 1. The fourth-order valence-electron chi connectivity index (χ4n) is 10.8. The zero-order valence-corrected chi connectivity index (χ0v) is 27.0. The van der Waals surface area contributed by atoms with Crippen molar-refractivity contribution in [3.8, 4) is 0 Å². The molecule has 0 spiro atoms. The maximum Gasteiger partial charge on any atom is 0.226 e. The number of carbonyl (C=O) groups is 4. The number of ketones is 3. The first kappa shape index (κ1) is 30.9. The first-order valence-corrected chi connectivity index (χ1v) is 16.2. The van der Waals surface area contributed by atoms with Gasteiger partial charge in [0.2, 0.25) is 11.6 Å². The summed E-state index contributed by atoms with van der Waals surface area (Å²) in [6.45, 7) is 25.0. The van der Waals surface area contributed by atoms with Crippen LogP contribution in [-0.4, -0.2) is 29.8 Å². The Balaban J connectivity index is 1.61. The SMILES string of the molecule is [C-]#[N+]C1=C[C@]2(C)C3=CC(=O)[C@@H]4[C@@H]5CC(C)(C)CC[C@]5(C(=O)CNC(=O)CCC)CC[C@@]4(C)[C@]3(C)CC[C@H]2C(C)(C)C1=O. The monoisotopic (exact) mass is 574 g/mol. The van der Waals surface area contributed by atoms with Gasteiger partial charge in [0.15, 0.2) is 17.3 Å². The predicted octanol–water partition coefficient (Wildman–Crippen LogP) is 7.04. The lowest BCUT2D eigenvalue weighted by Gasteiger charge is -2.69. The van der Waals surface area contributed by atoms with Gasteiger partial charge in [0.05, 0.1) is 13.1 Å². The molecule has 228 valence electrons. The normalized spacial score (nSPS) is 41.5. The summed E-state index contributed by atoms with van der Waals surface area (Å²) in [6.07, 6.45) is 10.7. The molecule has 0 radical (unpaired) electrons. The number of rotatable bonds is 5. The highest BCUT2D eigenvalue weighted by molar-refractivity contribution is 6.03. The first-order chi connectivity index (χ1) is 19.4. The van der Waals surface area contributed by atoms with E-state index in [0.717, 1.165) is 56.9 Å². The Hall–Kier alpha value is -2.55. The summed E-state index contributed by atoms with van der Waals surface area (Å²) in [4.78, 5) is 58.0. The van der Waals surface area contributed by atoms with E-state index in [0.29, 0.717) is 6.42 Å². The highest BCUT2D eigenvalue weighted by atomic mass is 16.2.